The molecule has 0 heterocycles. The van der Waals surface area contributed by atoms with Crippen molar-refractivity contribution in [3.8, 4) is 0 Å². The molecule has 0 bridgehead atoms. The lowest BCUT2D eigenvalue weighted by Gasteiger charge is -2.28. The summed E-state index contributed by atoms with van der Waals surface area (Å²) in [5, 5.41) is 13.9. The zero-order valence-corrected chi connectivity index (χ0v) is 22.3. The molecule has 0 spiro atoms. The van der Waals surface area contributed by atoms with Crippen LogP contribution in [-0.4, -0.2) is 46.6 Å². The van der Waals surface area contributed by atoms with Crippen molar-refractivity contribution in [2.45, 2.75) is 95.9 Å². The molecule has 208 valence electrons. The number of nitrogens with one attached hydrogen (secondary N) is 1. The molecule has 2 atom stereocenters. The number of carbonyl (C=O) groups is 2. The van der Waals surface area contributed by atoms with Crippen molar-refractivity contribution in [3.63, 3.8) is 0 Å². The molecule has 1 aliphatic rings. The summed E-state index contributed by atoms with van der Waals surface area (Å²) in [5.74, 6) is -1.62. The number of rotatable bonds is 13. The van der Waals surface area contributed by atoms with Gasteiger partial charge in [0.15, 0.2) is 0 Å². The molecule has 8 heteroatoms. The summed E-state index contributed by atoms with van der Waals surface area (Å²) in [5.41, 5.74) is 8.59. The van der Waals surface area contributed by atoms with E-state index in [2.05, 4.69) is 12.2 Å². The molecule has 1 fully saturated rings. The van der Waals surface area contributed by atoms with Crippen molar-refractivity contribution in [1.82, 2.24) is 10.2 Å². The normalized spacial score (nSPS) is 15.6. The van der Waals surface area contributed by atoms with Gasteiger partial charge in [-0.2, -0.15) is 0 Å². The number of hydrogen-bond acceptors (Lipinski definition) is 4. The van der Waals surface area contributed by atoms with Crippen LogP contribution in [-0.2, 0) is 29.0 Å². The van der Waals surface area contributed by atoms with E-state index in [0.29, 0.717) is 18.5 Å². The zero-order chi connectivity index (χ0) is 27.5. The first-order valence-electron chi connectivity index (χ1n) is 13.8. The van der Waals surface area contributed by atoms with Crippen molar-refractivity contribution in [1.29, 1.82) is 0 Å². The van der Waals surface area contributed by atoms with Crippen LogP contribution >= 0.6 is 0 Å². The third-order valence-electron chi connectivity index (χ3n) is 7.19. The molecule has 2 amide bonds. The van der Waals surface area contributed by atoms with E-state index in [0.717, 1.165) is 49.3 Å². The molecular weight excluding hydrogens is 488 g/mol. The number of nitrogens with two attached hydrogens (primary N) is 1. The van der Waals surface area contributed by atoms with Crippen LogP contribution in [0.1, 0.15) is 75.0 Å². The Morgan fingerprint density at radius 3 is 2.39 bits per heavy atom. The highest BCUT2D eigenvalue weighted by Crippen LogP contribution is 2.18. The Morgan fingerprint density at radius 1 is 1.03 bits per heavy atom. The largest absolute Gasteiger partial charge is 0.390 e. The van der Waals surface area contributed by atoms with Crippen molar-refractivity contribution in [3.05, 3.63) is 70.8 Å². The topological polar surface area (TPSA) is 95.7 Å². The SMILES string of the molecule is CCc1cccc(CN(C[C@@H](O)[C@@H](N)Cc2cc(F)cc(F)c2)C(=O)CCCC(=O)NC2CCCCC2)c1. The highest BCUT2D eigenvalue weighted by molar-refractivity contribution is 5.79. The summed E-state index contributed by atoms with van der Waals surface area (Å²) in [6.45, 7) is 2.32. The lowest BCUT2D eigenvalue weighted by molar-refractivity contribution is -0.133. The summed E-state index contributed by atoms with van der Waals surface area (Å²) in [4.78, 5) is 27.1. The third-order valence-corrected chi connectivity index (χ3v) is 7.19. The van der Waals surface area contributed by atoms with Crippen molar-refractivity contribution in [2.75, 3.05) is 6.54 Å². The van der Waals surface area contributed by atoms with Gasteiger partial charge in [0.05, 0.1) is 6.10 Å². The predicted octanol–water partition coefficient (Wildman–Crippen LogP) is 4.41. The molecule has 0 aliphatic heterocycles. The molecule has 0 radical (unpaired) electrons. The van der Waals surface area contributed by atoms with Crippen LogP contribution in [0, 0.1) is 11.6 Å². The summed E-state index contributed by atoms with van der Waals surface area (Å²) < 4.78 is 27.2. The lowest BCUT2D eigenvalue weighted by atomic mass is 9.95. The fourth-order valence-corrected chi connectivity index (χ4v) is 5.03. The Balaban J connectivity index is 1.60. The zero-order valence-electron chi connectivity index (χ0n) is 22.3. The third kappa shape index (κ3) is 9.80. The van der Waals surface area contributed by atoms with Gasteiger partial charge in [-0.1, -0.05) is 50.5 Å². The molecule has 0 unspecified atom stereocenters. The van der Waals surface area contributed by atoms with Crippen molar-refractivity contribution in [2.24, 2.45) is 5.73 Å². The number of carbonyl (C=O) groups excluding carboxylic acids is 2. The van der Waals surface area contributed by atoms with Crippen LogP contribution in [0.25, 0.3) is 0 Å². The maximum Gasteiger partial charge on any atom is 0.222 e. The average Bonchev–Trinajstić information content (AvgIpc) is 2.88. The molecule has 3 rings (SSSR count). The highest BCUT2D eigenvalue weighted by atomic mass is 19.1. The molecular formula is C30H41F2N3O3. The van der Waals surface area contributed by atoms with Crippen LogP contribution in [0.3, 0.4) is 0 Å². The molecule has 1 aliphatic carbocycles. The number of aliphatic hydroxyl groups excluding tert-OH is 1. The maximum atomic E-state index is 13.6. The van der Waals surface area contributed by atoms with Gasteiger partial charge in [-0.25, -0.2) is 8.78 Å². The van der Waals surface area contributed by atoms with Crippen LogP contribution < -0.4 is 11.1 Å². The summed E-state index contributed by atoms with van der Waals surface area (Å²) in [6.07, 6.45) is 6.17. The van der Waals surface area contributed by atoms with Crippen LogP contribution in [0.15, 0.2) is 42.5 Å². The van der Waals surface area contributed by atoms with Crippen LogP contribution in [0.4, 0.5) is 8.78 Å². The first-order chi connectivity index (χ1) is 18.2. The standard InChI is InChI=1S/C30H41F2N3O3/c1-2-21-8-6-9-22(14-21)19-35(20-28(36)27(33)17-23-15-24(31)18-25(32)16-23)30(38)13-7-12-29(37)34-26-10-4-3-5-11-26/h6,8-9,14-16,18,26-28,36H,2-5,7,10-13,17,19-20,33H2,1H3,(H,34,37)/t27-,28+/m0/s1. The van der Waals surface area contributed by atoms with E-state index in [9.17, 15) is 23.5 Å². The second-order valence-electron chi connectivity index (χ2n) is 10.4. The molecule has 0 saturated heterocycles. The van der Waals surface area contributed by atoms with E-state index < -0.39 is 23.8 Å². The molecule has 2 aromatic rings. The van der Waals surface area contributed by atoms with Gasteiger partial charge in [0, 0.05) is 44.1 Å². The van der Waals surface area contributed by atoms with E-state index in [-0.39, 0.29) is 43.7 Å². The lowest BCUT2D eigenvalue weighted by Crippen LogP contribution is -2.46. The maximum absolute atomic E-state index is 13.6. The second-order valence-corrected chi connectivity index (χ2v) is 10.4. The minimum Gasteiger partial charge on any atom is -0.390 e. The monoisotopic (exact) mass is 529 g/mol. The molecule has 2 aromatic carbocycles. The van der Waals surface area contributed by atoms with E-state index in [1.54, 1.807) is 4.90 Å². The number of benzene rings is 2. The summed E-state index contributed by atoms with van der Waals surface area (Å²) in [7, 11) is 0. The number of aryl methyl sites for hydroxylation is 1. The van der Waals surface area contributed by atoms with Crippen molar-refractivity contribution >= 4 is 11.8 Å². The van der Waals surface area contributed by atoms with Gasteiger partial charge in [-0.3, -0.25) is 9.59 Å². The van der Waals surface area contributed by atoms with Gasteiger partial charge < -0.3 is 21.1 Å². The molecule has 6 nitrogen and oxygen atoms in total. The van der Waals surface area contributed by atoms with E-state index in [1.165, 1.54) is 18.6 Å². The number of amides is 2. The van der Waals surface area contributed by atoms with Gasteiger partial charge >= 0.3 is 0 Å². The molecule has 1 saturated carbocycles. The number of hydrogen-bond donors (Lipinski definition) is 3. The average molecular weight is 530 g/mol. The molecule has 38 heavy (non-hydrogen) atoms. The van der Waals surface area contributed by atoms with Crippen LogP contribution in [0.5, 0.6) is 0 Å². The fourth-order valence-electron chi connectivity index (χ4n) is 5.03. The second kappa shape index (κ2) is 14.9. The Bertz CT molecular complexity index is 1040. The van der Waals surface area contributed by atoms with Gasteiger partial charge in [0.1, 0.15) is 11.6 Å². The van der Waals surface area contributed by atoms with Gasteiger partial charge in [0.25, 0.3) is 0 Å². The Labute approximate surface area is 224 Å². The molecule has 4 N–H and O–H groups in total. The first kappa shape index (κ1) is 29.7. The highest BCUT2D eigenvalue weighted by Gasteiger charge is 2.23. The summed E-state index contributed by atoms with van der Waals surface area (Å²) in [6, 6.07) is 10.5. The quantitative estimate of drug-likeness (QED) is 0.358. The number of halogens is 2. The van der Waals surface area contributed by atoms with Crippen LogP contribution in [0.2, 0.25) is 0 Å². The number of nitrogens with zero attached hydrogens (tertiary/aromatic N) is 1. The van der Waals surface area contributed by atoms with Crippen molar-refractivity contribution < 1.29 is 23.5 Å². The Hall–Kier alpha value is -2.84. The van der Waals surface area contributed by atoms with Gasteiger partial charge in [-0.15, -0.1) is 0 Å². The Morgan fingerprint density at radius 2 is 1.71 bits per heavy atom. The number of aliphatic hydroxyl groups is 1. The Kier molecular flexibility index (Phi) is 11.7. The molecule has 0 aromatic heterocycles. The summed E-state index contributed by atoms with van der Waals surface area (Å²) >= 11 is 0. The first-order valence-corrected chi connectivity index (χ1v) is 13.8. The van der Waals surface area contributed by atoms with Gasteiger partial charge in [-0.05, 0) is 60.9 Å². The smallest absolute Gasteiger partial charge is 0.222 e. The van der Waals surface area contributed by atoms with Gasteiger partial charge in [0.2, 0.25) is 11.8 Å². The minimum atomic E-state index is -1.10. The van der Waals surface area contributed by atoms with E-state index >= 15 is 0 Å². The predicted molar refractivity (Wildman–Crippen MR) is 144 cm³/mol. The van der Waals surface area contributed by atoms with E-state index in [4.69, 9.17) is 5.73 Å². The minimum absolute atomic E-state index is 0.0254. The van der Waals surface area contributed by atoms with E-state index in [1.807, 2.05) is 24.3 Å². The fraction of sp³-hybridized carbons (Fsp3) is 0.533.